The van der Waals surface area contributed by atoms with Gasteiger partial charge in [-0.2, -0.15) is 0 Å². The van der Waals surface area contributed by atoms with Gasteiger partial charge < -0.3 is 10.1 Å². The predicted molar refractivity (Wildman–Crippen MR) is 89.5 cm³/mol. The zero-order chi connectivity index (χ0) is 15.2. The molecule has 1 atom stereocenters. The van der Waals surface area contributed by atoms with E-state index in [1.54, 1.807) is 6.20 Å². The normalized spacial score (nSPS) is 12.2. The summed E-state index contributed by atoms with van der Waals surface area (Å²) in [5.41, 5.74) is 3.28. The Labute approximate surface area is 134 Å². The largest absolute Gasteiger partial charge is 0.487 e. The van der Waals surface area contributed by atoms with Crippen LogP contribution in [0.1, 0.15) is 36.7 Å². The molecular weight excluding hydrogens is 328 g/mol. The number of aryl methyl sites for hydroxylation is 1. The van der Waals surface area contributed by atoms with Crippen LogP contribution in [0.3, 0.4) is 0 Å². The van der Waals surface area contributed by atoms with Crippen molar-refractivity contribution < 1.29 is 4.74 Å². The fourth-order valence-electron chi connectivity index (χ4n) is 2.22. The van der Waals surface area contributed by atoms with E-state index in [2.05, 4.69) is 59.1 Å². The van der Waals surface area contributed by atoms with Crippen molar-refractivity contribution in [3.63, 3.8) is 0 Å². The summed E-state index contributed by atoms with van der Waals surface area (Å²) in [7, 11) is 0. The molecule has 2 aromatic rings. The molecule has 1 heterocycles. The molecule has 0 amide bonds. The Morgan fingerprint density at radius 3 is 2.86 bits per heavy atom. The molecule has 0 saturated heterocycles. The third-order valence-electron chi connectivity index (χ3n) is 3.43. The lowest BCUT2D eigenvalue weighted by Gasteiger charge is -2.18. The maximum atomic E-state index is 6.02. The molecule has 1 N–H and O–H groups in total. The number of nitrogens with zero attached hydrogens (tertiary/aromatic N) is 1. The van der Waals surface area contributed by atoms with E-state index in [0.29, 0.717) is 6.61 Å². The second kappa shape index (κ2) is 7.57. The zero-order valence-corrected chi connectivity index (χ0v) is 14.3. The van der Waals surface area contributed by atoms with E-state index in [1.807, 2.05) is 18.2 Å². The first kappa shape index (κ1) is 16.0. The molecule has 1 aromatic heterocycles. The standard InChI is InChI=1S/C17H21BrN2O/c1-4-19-13(3)15-8-7-14(18)10-17(15)21-11-16-12(2)6-5-9-20-16/h5-10,13,19H,4,11H2,1-3H3. The molecule has 0 radical (unpaired) electrons. The Morgan fingerprint density at radius 2 is 2.14 bits per heavy atom. The van der Waals surface area contributed by atoms with Crippen molar-refractivity contribution in [3.05, 3.63) is 57.8 Å². The van der Waals surface area contributed by atoms with Crippen LogP contribution in [0.5, 0.6) is 5.75 Å². The fourth-order valence-corrected chi connectivity index (χ4v) is 2.56. The van der Waals surface area contributed by atoms with E-state index in [0.717, 1.165) is 33.6 Å². The first-order valence-corrected chi connectivity index (χ1v) is 7.97. The van der Waals surface area contributed by atoms with Gasteiger partial charge in [0.1, 0.15) is 12.4 Å². The van der Waals surface area contributed by atoms with E-state index in [9.17, 15) is 0 Å². The summed E-state index contributed by atoms with van der Waals surface area (Å²) in [5.74, 6) is 0.892. The molecule has 0 saturated carbocycles. The van der Waals surface area contributed by atoms with Crippen molar-refractivity contribution in [2.45, 2.75) is 33.4 Å². The van der Waals surface area contributed by atoms with Crippen molar-refractivity contribution >= 4 is 15.9 Å². The number of hydrogen-bond acceptors (Lipinski definition) is 3. The summed E-state index contributed by atoms with van der Waals surface area (Å²) >= 11 is 3.51. The number of aromatic nitrogens is 1. The van der Waals surface area contributed by atoms with Crippen molar-refractivity contribution in [3.8, 4) is 5.75 Å². The van der Waals surface area contributed by atoms with E-state index in [1.165, 1.54) is 0 Å². The smallest absolute Gasteiger partial charge is 0.130 e. The highest BCUT2D eigenvalue weighted by atomic mass is 79.9. The van der Waals surface area contributed by atoms with Gasteiger partial charge in [-0.25, -0.2) is 0 Å². The third-order valence-corrected chi connectivity index (χ3v) is 3.93. The van der Waals surface area contributed by atoms with Gasteiger partial charge in [-0.05, 0) is 44.2 Å². The zero-order valence-electron chi connectivity index (χ0n) is 12.7. The van der Waals surface area contributed by atoms with Gasteiger partial charge in [0.15, 0.2) is 0 Å². The third kappa shape index (κ3) is 4.29. The molecule has 3 nitrogen and oxygen atoms in total. The number of pyridine rings is 1. The fraction of sp³-hybridized carbons (Fsp3) is 0.353. The summed E-state index contributed by atoms with van der Waals surface area (Å²) in [5, 5.41) is 3.42. The topological polar surface area (TPSA) is 34.1 Å². The molecule has 0 aliphatic carbocycles. The summed E-state index contributed by atoms with van der Waals surface area (Å²) < 4.78 is 7.04. The van der Waals surface area contributed by atoms with Crippen LogP contribution in [0.2, 0.25) is 0 Å². The summed E-state index contributed by atoms with van der Waals surface area (Å²) in [6.07, 6.45) is 1.80. The highest BCUT2D eigenvalue weighted by Gasteiger charge is 2.12. The highest BCUT2D eigenvalue weighted by molar-refractivity contribution is 9.10. The lowest BCUT2D eigenvalue weighted by Crippen LogP contribution is -2.18. The summed E-state index contributed by atoms with van der Waals surface area (Å²) in [6.45, 7) is 7.71. The van der Waals surface area contributed by atoms with Crippen molar-refractivity contribution in [1.29, 1.82) is 0 Å². The Hall–Kier alpha value is -1.39. The van der Waals surface area contributed by atoms with Gasteiger partial charge in [0.25, 0.3) is 0 Å². The van der Waals surface area contributed by atoms with Crippen LogP contribution in [0.4, 0.5) is 0 Å². The molecule has 0 aliphatic rings. The van der Waals surface area contributed by atoms with Crippen LogP contribution in [0, 0.1) is 6.92 Å². The van der Waals surface area contributed by atoms with Crippen LogP contribution < -0.4 is 10.1 Å². The van der Waals surface area contributed by atoms with Crippen molar-refractivity contribution in [2.24, 2.45) is 0 Å². The first-order chi connectivity index (χ1) is 10.1. The first-order valence-electron chi connectivity index (χ1n) is 7.18. The average molecular weight is 349 g/mol. The lowest BCUT2D eigenvalue weighted by molar-refractivity contribution is 0.294. The van der Waals surface area contributed by atoms with Gasteiger partial charge in [0, 0.05) is 22.3 Å². The van der Waals surface area contributed by atoms with Crippen LogP contribution in [0.25, 0.3) is 0 Å². The van der Waals surface area contributed by atoms with E-state index >= 15 is 0 Å². The molecule has 0 bridgehead atoms. The Bertz CT molecular complexity index is 601. The Balaban J connectivity index is 2.18. The minimum atomic E-state index is 0.253. The van der Waals surface area contributed by atoms with E-state index in [4.69, 9.17) is 4.74 Å². The van der Waals surface area contributed by atoms with Gasteiger partial charge in [0.05, 0.1) is 5.69 Å². The van der Waals surface area contributed by atoms with Gasteiger partial charge in [-0.3, -0.25) is 4.98 Å². The van der Waals surface area contributed by atoms with Crippen LogP contribution >= 0.6 is 15.9 Å². The highest BCUT2D eigenvalue weighted by Crippen LogP contribution is 2.29. The molecule has 21 heavy (non-hydrogen) atoms. The number of halogens is 1. The maximum absolute atomic E-state index is 6.02. The molecule has 0 spiro atoms. The Kier molecular flexibility index (Phi) is 5.76. The Morgan fingerprint density at radius 1 is 1.33 bits per heavy atom. The predicted octanol–water partition coefficient (Wildman–Crippen LogP) is 4.40. The van der Waals surface area contributed by atoms with Gasteiger partial charge in [0.2, 0.25) is 0 Å². The van der Waals surface area contributed by atoms with Gasteiger partial charge in [-0.1, -0.05) is 35.0 Å². The molecule has 112 valence electrons. The minimum absolute atomic E-state index is 0.253. The van der Waals surface area contributed by atoms with Crippen molar-refractivity contribution in [2.75, 3.05) is 6.54 Å². The summed E-state index contributed by atoms with van der Waals surface area (Å²) in [6, 6.07) is 10.4. The molecule has 1 aromatic carbocycles. The van der Waals surface area contributed by atoms with Crippen LogP contribution in [-0.2, 0) is 6.61 Å². The molecule has 4 heteroatoms. The summed E-state index contributed by atoms with van der Waals surface area (Å²) in [4.78, 5) is 4.37. The van der Waals surface area contributed by atoms with Crippen LogP contribution in [0.15, 0.2) is 41.0 Å². The minimum Gasteiger partial charge on any atom is -0.487 e. The van der Waals surface area contributed by atoms with Gasteiger partial charge >= 0.3 is 0 Å². The average Bonchev–Trinajstić information content (AvgIpc) is 2.46. The molecule has 1 unspecified atom stereocenters. The van der Waals surface area contributed by atoms with Gasteiger partial charge in [-0.15, -0.1) is 0 Å². The number of nitrogens with one attached hydrogen (secondary N) is 1. The number of hydrogen-bond donors (Lipinski definition) is 1. The number of ether oxygens (including phenoxy) is 1. The molecule has 2 rings (SSSR count). The van der Waals surface area contributed by atoms with E-state index in [-0.39, 0.29) is 6.04 Å². The molecule has 0 aliphatic heterocycles. The maximum Gasteiger partial charge on any atom is 0.130 e. The SMILES string of the molecule is CCNC(C)c1ccc(Br)cc1OCc1ncccc1C. The number of rotatable bonds is 6. The quantitative estimate of drug-likeness (QED) is 0.839. The molecular formula is C17H21BrN2O. The van der Waals surface area contributed by atoms with Crippen molar-refractivity contribution in [1.82, 2.24) is 10.3 Å². The van der Waals surface area contributed by atoms with E-state index < -0.39 is 0 Å². The number of benzene rings is 1. The lowest BCUT2D eigenvalue weighted by atomic mass is 10.1. The second-order valence-corrected chi connectivity index (χ2v) is 5.93. The molecule has 0 fully saturated rings. The monoisotopic (exact) mass is 348 g/mol. The van der Waals surface area contributed by atoms with Crippen LogP contribution in [-0.4, -0.2) is 11.5 Å². The second-order valence-electron chi connectivity index (χ2n) is 5.02.